The summed E-state index contributed by atoms with van der Waals surface area (Å²) < 4.78 is 24.3. The van der Waals surface area contributed by atoms with E-state index in [-0.39, 0.29) is 42.4 Å². The summed E-state index contributed by atoms with van der Waals surface area (Å²) in [4.78, 5) is 22.7. The Morgan fingerprint density at radius 3 is 2.91 bits per heavy atom. The van der Waals surface area contributed by atoms with Crippen LogP contribution in [0.2, 0.25) is 0 Å². The van der Waals surface area contributed by atoms with E-state index in [2.05, 4.69) is 30.7 Å². The van der Waals surface area contributed by atoms with E-state index in [0.717, 1.165) is 12.8 Å². The molecule has 0 bridgehead atoms. The number of ether oxygens (including phenoxy) is 2. The second kappa shape index (κ2) is 10.6. The van der Waals surface area contributed by atoms with Crippen LogP contribution in [0.1, 0.15) is 34.7 Å². The molecule has 34 heavy (non-hydrogen) atoms. The van der Waals surface area contributed by atoms with Crippen LogP contribution in [0.5, 0.6) is 5.75 Å². The van der Waals surface area contributed by atoms with E-state index in [4.69, 9.17) is 9.47 Å². The molecule has 0 radical (unpaired) electrons. The second-order valence-electron chi connectivity index (χ2n) is 8.09. The Labute approximate surface area is 195 Å². The first-order valence-corrected chi connectivity index (χ1v) is 10.9. The number of benzene rings is 1. The van der Waals surface area contributed by atoms with Gasteiger partial charge in [0, 0.05) is 19.1 Å². The first-order chi connectivity index (χ1) is 16.4. The SMILES string of the molecule is COc1cc(CNC(=O)c2cc(-c3nnn(C[C@@H]4CC[C@H](CO)CO4)n3)nc(C)n2)ccc1F. The van der Waals surface area contributed by atoms with Crippen molar-refractivity contribution in [2.75, 3.05) is 20.3 Å². The summed E-state index contributed by atoms with van der Waals surface area (Å²) in [7, 11) is 1.38. The molecule has 3 heterocycles. The molecule has 0 unspecified atom stereocenters. The highest BCUT2D eigenvalue weighted by atomic mass is 19.1. The highest BCUT2D eigenvalue weighted by Crippen LogP contribution is 2.20. The van der Waals surface area contributed by atoms with Crippen LogP contribution in [0.3, 0.4) is 0 Å². The van der Waals surface area contributed by atoms with E-state index in [9.17, 15) is 14.3 Å². The number of nitrogens with zero attached hydrogens (tertiary/aromatic N) is 6. The van der Waals surface area contributed by atoms with Gasteiger partial charge in [-0.3, -0.25) is 4.79 Å². The molecule has 180 valence electrons. The first-order valence-electron chi connectivity index (χ1n) is 10.9. The molecule has 12 heteroatoms. The molecule has 2 N–H and O–H groups in total. The third kappa shape index (κ3) is 5.69. The minimum Gasteiger partial charge on any atom is -0.494 e. The molecule has 1 aliphatic rings. The average molecular weight is 471 g/mol. The Morgan fingerprint density at radius 1 is 1.32 bits per heavy atom. The second-order valence-corrected chi connectivity index (χ2v) is 8.09. The van der Waals surface area contributed by atoms with Crippen molar-refractivity contribution in [2.24, 2.45) is 5.92 Å². The highest BCUT2D eigenvalue weighted by molar-refractivity contribution is 5.93. The predicted octanol–water partition coefficient (Wildman–Crippen LogP) is 1.30. The number of methoxy groups -OCH3 is 1. The maximum Gasteiger partial charge on any atom is 0.270 e. The minimum absolute atomic E-state index is 0.0524. The lowest BCUT2D eigenvalue weighted by molar-refractivity contribution is -0.0402. The van der Waals surface area contributed by atoms with Gasteiger partial charge in [0.1, 0.15) is 17.2 Å². The number of amides is 1. The van der Waals surface area contributed by atoms with Crippen LogP contribution < -0.4 is 10.1 Å². The van der Waals surface area contributed by atoms with Crippen LogP contribution in [0.25, 0.3) is 11.5 Å². The van der Waals surface area contributed by atoms with Gasteiger partial charge in [-0.05, 0) is 48.7 Å². The van der Waals surface area contributed by atoms with E-state index < -0.39 is 11.7 Å². The topological polar surface area (TPSA) is 137 Å². The highest BCUT2D eigenvalue weighted by Gasteiger charge is 2.23. The quantitative estimate of drug-likeness (QED) is 0.498. The summed E-state index contributed by atoms with van der Waals surface area (Å²) in [5.41, 5.74) is 1.20. The number of aliphatic hydroxyl groups is 1. The largest absolute Gasteiger partial charge is 0.494 e. The Hall–Kier alpha value is -3.51. The van der Waals surface area contributed by atoms with Crippen molar-refractivity contribution in [3.8, 4) is 17.3 Å². The Balaban J connectivity index is 1.41. The molecular formula is C22H26FN7O4. The zero-order chi connectivity index (χ0) is 24.1. The molecule has 2 atom stereocenters. The summed E-state index contributed by atoms with van der Waals surface area (Å²) in [6, 6.07) is 5.87. The summed E-state index contributed by atoms with van der Waals surface area (Å²) in [6.07, 6.45) is 1.64. The number of aryl methyl sites for hydroxylation is 1. The van der Waals surface area contributed by atoms with Crippen molar-refractivity contribution >= 4 is 5.91 Å². The van der Waals surface area contributed by atoms with Crippen molar-refractivity contribution in [2.45, 2.75) is 39.0 Å². The monoisotopic (exact) mass is 471 g/mol. The van der Waals surface area contributed by atoms with Crippen molar-refractivity contribution in [3.63, 3.8) is 0 Å². The Bertz CT molecular complexity index is 1150. The molecule has 1 aliphatic heterocycles. The van der Waals surface area contributed by atoms with Gasteiger partial charge >= 0.3 is 0 Å². The number of carbonyl (C=O) groups is 1. The number of hydrogen-bond acceptors (Lipinski definition) is 9. The van der Waals surface area contributed by atoms with Crippen molar-refractivity contribution in [3.05, 3.63) is 47.2 Å². The van der Waals surface area contributed by atoms with Crippen LogP contribution in [0.4, 0.5) is 4.39 Å². The molecule has 3 aromatic rings. The number of aromatic nitrogens is 6. The van der Waals surface area contributed by atoms with Gasteiger partial charge in [0.05, 0.1) is 26.4 Å². The molecule has 1 aromatic carbocycles. The molecule has 2 aromatic heterocycles. The average Bonchev–Trinajstić information content (AvgIpc) is 3.32. The molecule has 1 saturated heterocycles. The van der Waals surface area contributed by atoms with Crippen LogP contribution in [-0.2, 0) is 17.8 Å². The summed E-state index contributed by atoms with van der Waals surface area (Å²) >= 11 is 0. The normalized spacial score (nSPS) is 18.0. The van der Waals surface area contributed by atoms with E-state index in [1.807, 2.05) is 0 Å². The summed E-state index contributed by atoms with van der Waals surface area (Å²) in [5.74, 6) is 0.0390. The summed E-state index contributed by atoms with van der Waals surface area (Å²) in [5, 5.41) is 24.5. The third-order valence-corrected chi connectivity index (χ3v) is 5.51. The molecule has 4 rings (SSSR count). The van der Waals surface area contributed by atoms with Crippen LogP contribution >= 0.6 is 0 Å². The smallest absolute Gasteiger partial charge is 0.270 e. The van der Waals surface area contributed by atoms with Gasteiger partial charge in [-0.15, -0.1) is 10.2 Å². The van der Waals surface area contributed by atoms with Gasteiger partial charge in [-0.2, -0.15) is 4.80 Å². The molecular weight excluding hydrogens is 445 g/mol. The Morgan fingerprint density at radius 2 is 2.18 bits per heavy atom. The standard InChI is InChI=1S/C22H26FN7O4/c1-13-25-18(21-27-29-30(28-21)10-16-5-3-15(11-31)12-34-16)8-19(26-13)22(32)24-9-14-4-6-17(23)20(7-14)33-2/h4,6-8,15-16,31H,3,5,9-12H2,1-2H3,(H,24,32)/t15-,16+/m1/s1. The van der Waals surface area contributed by atoms with Crippen molar-refractivity contribution in [1.29, 1.82) is 0 Å². The minimum atomic E-state index is -0.474. The van der Waals surface area contributed by atoms with E-state index in [1.54, 1.807) is 13.0 Å². The Kier molecular flexibility index (Phi) is 7.38. The predicted molar refractivity (Wildman–Crippen MR) is 117 cm³/mol. The maximum absolute atomic E-state index is 13.6. The number of rotatable bonds is 8. The van der Waals surface area contributed by atoms with Gasteiger partial charge in [-0.25, -0.2) is 14.4 Å². The lowest BCUT2D eigenvalue weighted by Crippen LogP contribution is -2.31. The van der Waals surface area contributed by atoms with E-state index in [1.165, 1.54) is 30.1 Å². The number of aliphatic hydroxyl groups excluding tert-OH is 1. The summed E-state index contributed by atoms with van der Waals surface area (Å²) in [6.45, 7) is 2.91. The zero-order valence-corrected chi connectivity index (χ0v) is 18.9. The molecule has 0 aliphatic carbocycles. The van der Waals surface area contributed by atoms with E-state index in [0.29, 0.717) is 30.2 Å². The fourth-order valence-electron chi connectivity index (χ4n) is 3.64. The number of carbonyl (C=O) groups excluding carboxylic acids is 1. The van der Waals surface area contributed by atoms with Gasteiger partial charge in [-0.1, -0.05) is 6.07 Å². The molecule has 0 saturated carbocycles. The van der Waals surface area contributed by atoms with Gasteiger partial charge in [0.15, 0.2) is 11.6 Å². The first kappa shape index (κ1) is 23.6. The number of nitrogens with one attached hydrogen (secondary N) is 1. The lowest BCUT2D eigenvalue weighted by Gasteiger charge is -2.27. The van der Waals surface area contributed by atoms with Gasteiger partial charge in [0.25, 0.3) is 5.91 Å². The zero-order valence-electron chi connectivity index (χ0n) is 18.9. The fraction of sp³-hybridized carbons (Fsp3) is 0.455. The molecule has 1 fully saturated rings. The number of hydrogen-bond donors (Lipinski definition) is 2. The molecule has 11 nitrogen and oxygen atoms in total. The van der Waals surface area contributed by atoms with Gasteiger partial charge in [0.2, 0.25) is 5.82 Å². The fourth-order valence-corrected chi connectivity index (χ4v) is 3.64. The molecule has 0 spiro atoms. The van der Waals surface area contributed by atoms with Crippen molar-refractivity contribution < 1.29 is 23.8 Å². The molecule has 1 amide bonds. The maximum atomic E-state index is 13.6. The van der Waals surface area contributed by atoms with Gasteiger partial charge < -0.3 is 19.9 Å². The van der Waals surface area contributed by atoms with Crippen LogP contribution in [0, 0.1) is 18.7 Å². The third-order valence-electron chi connectivity index (χ3n) is 5.51. The van der Waals surface area contributed by atoms with Crippen molar-refractivity contribution in [1.82, 2.24) is 35.5 Å². The van der Waals surface area contributed by atoms with Crippen LogP contribution in [-0.4, -0.2) is 67.6 Å². The lowest BCUT2D eigenvalue weighted by atomic mass is 9.99. The van der Waals surface area contributed by atoms with E-state index >= 15 is 0 Å². The number of tetrazole rings is 1. The number of halogens is 1. The van der Waals surface area contributed by atoms with Crippen LogP contribution in [0.15, 0.2) is 24.3 Å².